The summed E-state index contributed by atoms with van der Waals surface area (Å²) in [6, 6.07) is 11.8. The summed E-state index contributed by atoms with van der Waals surface area (Å²) >= 11 is 0. The number of amides is 1. The maximum atomic E-state index is 12.6. The Balaban J connectivity index is 1.52. The topological polar surface area (TPSA) is 59.1 Å². The number of rotatable bonds is 5. The summed E-state index contributed by atoms with van der Waals surface area (Å²) in [6.07, 6.45) is 0. The van der Waals surface area contributed by atoms with Crippen LogP contribution in [0.25, 0.3) is 0 Å². The Morgan fingerprint density at radius 1 is 1.04 bits per heavy atom. The van der Waals surface area contributed by atoms with Gasteiger partial charge in [-0.1, -0.05) is 38.1 Å². The molecule has 2 heterocycles. The lowest BCUT2D eigenvalue weighted by Gasteiger charge is -2.25. The van der Waals surface area contributed by atoms with Crippen LogP contribution in [0.15, 0.2) is 36.4 Å². The first kappa shape index (κ1) is 18.5. The average Bonchev–Trinajstić information content (AvgIpc) is 2.91. The van der Waals surface area contributed by atoms with Gasteiger partial charge in [-0.15, -0.1) is 0 Å². The normalized spacial score (nSPS) is 15.5. The number of anilines is 1. The molecule has 6 nitrogen and oxygen atoms in total. The lowest BCUT2D eigenvalue weighted by molar-refractivity contribution is -0.114. The van der Waals surface area contributed by atoms with E-state index in [1.54, 1.807) is 12.1 Å². The molecule has 4 rings (SSSR count). The summed E-state index contributed by atoms with van der Waals surface area (Å²) in [4.78, 5) is 28.5. The molecule has 2 aromatic carbocycles. The summed E-state index contributed by atoms with van der Waals surface area (Å²) in [6.45, 7) is 6.24. The third kappa shape index (κ3) is 3.36. The molecule has 146 valence electrons. The van der Waals surface area contributed by atoms with Gasteiger partial charge in [-0.3, -0.25) is 19.4 Å². The molecule has 2 aromatic rings. The van der Waals surface area contributed by atoms with Gasteiger partial charge >= 0.3 is 5.91 Å². The highest BCUT2D eigenvalue weighted by Crippen LogP contribution is 2.40. The molecular formula is C22H24N2O4. The molecule has 0 fully saturated rings. The Hall–Kier alpha value is -2.86. The minimum Gasteiger partial charge on any atom is -0.486 e. The van der Waals surface area contributed by atoms with Crippen LogP contribution in [-0.4, -0.2) is 43.5 Å². The molecule has 2 aliphatic rings. The van der Waals surface area contributed by atoms with E-state index in [2.05, 4.69) is 38.1 Å². The molecule has 0 radical (unpaired) electrons. The van der Waals surface area contributed by atoms with E-state index >= 15 is 0 Å². The Bertz CT molecular complexity index is 921. The van der Waals surface area contributed by atoms with Gasteiger partial charge in [0.25, 0.3) is 5.78 Å². The molecule has 0 saturated heterocycles. The first-order chi connectivity index (χ1) is 13.4. The fraction of sp³-hybridized carbons (Fsp3) is 0.364. The van der Waals surface area contributed by atoms with E-state index < -0.39 is 11.7 Å². The molecule has 0 aliphatic carbocycles. The van der Waals surface area contributed by atoms with Crippen molar-refractivity contribution < 1.29 is 19.1 Å². The van der Waals surface area contributed by atoms with Crippen LogP contribution in [-0.2, 0) is 11.3 Å². The predicted molar refractivity (Wildman–Crippen MR) is 106 cm³/mol. The van der Waals surface area contributed by atoms with Gasteiger partial charge in [0.05, 0.1) is 17.9 Å². The summed E-state index contributed by atoms with van der Waals surface area (Å²) < 4.78 is 11.1. The first-order valence-corrected chi connectivity index (χ1v) is 9.51. The molecule has 2 aliphatic heterocycles. The standard InChI is InChI=1S/C22H24N2O4/c1-14(2)16-6-4-15(5-7-16)12-23(3)13-24-18-11-20-19(27-8-9-28-20)10-17(18)21(25)22(24)26/h4-7,10-11,14H,8-9,12-13H2,1-3H3. The molecule has 1 amide bonds. The van der Waals surface area contributed by atoms with Crippen molar-refractivity contribution in [1.82, 2.24) is 4.90 Å². The number of hydrogen-bond acceptors (Lipinski definition) is 5. The van der Waals surface area contributed by atoms with Crippen LogP contribution < -0.4 is 14.4 Å². The number of hydrogen-bond donors (Lipinski definition) is 0. The van der Waals surface area contributed by atoms with E-state index in [9.17, 15) is 9.59 Å². The van der Waals surface area contributed by atoms with Crippen molar-refractivity contribution in [1.29, 1.82) is 0 Å². The molecule has 0 aromatic heterocycles. The van der Waals surface area contributed by atoms with Crippen LogP contribution in [0.2, 0.25) is 0 Å². The molecule has 6 heteroatoms. The van der Waals surface area contributed by atoms with Crippen molar-refractivity contribution in [2.24, 2.45) is 0 Å². The molecule has 28 heavy (non-hydrogen) atoms. The molecule has 0 atom stereocenters. The van der Waals surface area contributed by atoms with Gasteiger partial charge in [0.2, 0.25) is 0 Å². The van der Waals surface area contributed by atoms with Crippen LogP contribution in [0.3, 0.4) is 0 Å². The van der Waals surface area contributed by atoms with Crippen LogP contribution in [0.1, 0.15) is 41.3 Å². The average molecular weight is 380 g/mol. The Kier molecular flexibility index (Phi) is 4.81. The van der Waals surface area contributed by atoms with Gasteiger partial charge in [0.15, 0.2) is 11.5 Å². The van der Waals surface area contributed by atoms with Gasteiger partial charge < -0.3 is 9.47 Å². The number of carbonyl (C=O) groups is 2. The highest BCUT2D eigenvalue weighted by atomic mass is 16.6. The molecular weight excluding hydrogens is 356 g/mol. The van der Waals surface area contributed by atoms with E-state index in [1.807, 2.05) is 11.9 Å². The minimum absolute atomic E-state index is 0.323. The second-order valence-corrected chi connectivity index (χ2v) is 7.63. The van der Waals surface area contributed by atoms with E-state index in [0.29, 0.717) is 55.1 Å². The monoisotopic (exact) mass is 380 g/mol. The van der Waals surface area contributed by atoms with Gasteiger partial charge in [0, 0.05) is 12.6 Å². The van der Waals surface area contributed by atoms with Crippen molar-refractivity contribution in [3.05, 3.63) is 53.1 Å². The molecule has 0 saturated carbocycles. The van der Waals surface area contributed by atoms with Crippen molar-refractivity contribution in [3.8, 4) is 11.5 Å². The quantitative estimate of drug-likeness (QED) is 0.746. The zero-order chi connectivity index (χ0) is 19.8. The summed E-state index contributed by atoms with van der Waals surface area (Å²) in [5, 5.41) is 0. The van der Waals surface area contributed by atoms with E-state index in [4.69, 9.17) is 9.47 Å². The number of ether oxygens (including phenoxy) is 2. The zero-order valence-electron chi connectivity index (χ0n) is 16.4. The van der Waals surface area contributed by atoms with E-state index in [0.717, 1.165) is 5.56 Å². The Labute approximate surface area is 164 Å². The van der Waals surface area contributed by atoms with Crippen molar-refractivity contribution in [3.63, 3.8) is 0 Å². The van der Waals surface area contributed by atoms with E-state index in [1.165, 1.54) is 10.5 Å². The fourth-order valence-corrected chi connectivity index (χ4v) is 3.58. The minimum atomic E-state index is -0.514. The number of nitrogens with zero attached hydrogens (tertiary/aromatic N) is 2. The maximum absolute atomic E-state index is 12.6. The van der Waals surface area contributed by atoms with Crippen LogP contribution in [0.5, 0.6) is 11.5 Å². The van der Waals surface area contributed by atoms with Crippen LogP contribution >= 0.6 is 0 Å². The van der Waals surface area contributed by atoms with Gasteiger partial charge in [0.1, 0.15) is 13.2 Å². The van der Waals surface area contributed by atoms with Gasteiger partial charge in [-0.25, -0.2) is 0 Å². The highest BCUT2D eigenvalue weighted by molar-refractivity contribution is 6.52. The highest BCUT2D eigenvalue weighted by Gasteiger charge is 2.38. The molecule has 0 spiro atoms. The number of Topliss-reactive ketones (excluding diaryl/α,β-unsaturated/α-hetero) is 1. The van der Waals surface area contributed by atoms with E-state index in [-0.39, 0.29) is 0 Å². The summed E-state index contributed by atoms with van der Waals surface area (Å²) in [5.41, 5.74) is 3.42. The lowest BCUT2D eigenvalue weighted by atomic mass is 10.0. The second kappa shape index (κ2) is 7.28. The summed E-state index contributed by atoms with van der Waals surface area (Å²) in [7, 11) is 1.93. The van der Waals surface area contributed by atoms with Gasteiger partial charge in [-0.2, -0.15) is 0 Å². The SMILES string of the molecule is CC(C)c1ccc(CN(C)CN2C(=O)C(=O)c3cc4c(cc32)OCCO4)cc1. The number of ketones is 1. The van der Waals surface area contributed by atoms with Gasteiger partial charge in [-0.05, 0) is 30.2 Å². The first-order valence-electron chi connectivity index (χ1n) is 9.51. The number of benzene rings is 2. The predicted octanol–water partition coefficient (Wildman–Crippen LogP) is 3.20. The molecule has 0 unspecified atom stereocenters. The van der Waals surface area contributed by atoms with Crippen LogP contribution in [0, 0.1) is 0 Å². The lowest BCUT2D eigenvalue weighted by Crippen LogP contribution is -2.38. The second-order valence-electron chi connectivity index (χ2n) is 7.63. The van der Waals surface area contributed by atoms with Crippen molar-refractivity contribution in [2.75, 3.05) is 31.8 Å². The number of fused-ring (bicyclic) bond motifs is 2. The largest absolute Gasteiger partial charge is 0.486 e. The van der Waals surface area contributed by atoms with Crippen molar-refractivity contribution >= 4 is 17.4 Å². The number of carbonyl (C=O) groups excluding carboxylic acids is 2. The summed E-state index contributed by atoms with van der Waals surface area (Å²) in [5.74, 6) is 0.575. The third-order valence-electron chi connectivity index (χ3n) is 5.12. The molecule has 0 N–H and O–H groups in total. The fourth-order valence-electron chi connectivity index (χ4n) is 3.58. The Morgan fingerprint density at radius 3 is 2.32 bits per heavy atom. The van der Waals surface area contributed by atoms with Crippen LogP contribution in [0.4, 0.5) is 5.69 Å². The Morgan fingerprint density at radius 2 is 1.68 bits per heavy atom. The smallest absolute Gasteiger partial charge is 0.300 e. The zero-order valence-corrected chi connectivity index (χ0v) is 16.4. The van der Waals surface area contributed by atoms with Crippen molar-refractivity contribution in [2.45, 2.75) is 26.3 Å². The molecule has 0 bridgehead atoms. The maximum Gasteiger partial charge on any atom is 0.300 e. The third-order valence-corrected chi connectivity index (χ3v) is 5.12.